The van der Waals surface area contributed by atoms with E-state index in [4.69, 9.17) is 0 Å². The first-order chi connectivity index (χ1) is 5.37. The minimum Gasteiger partial charge on any atom is -0.0908 e. The van der Waals surface area contributed by atoms with Crippen LogP contribution >= 0.6 is 0 Å². The van der Waals surface area contributed by atoms with Crippen LogP contribution in [0.1, 0.15) is 41.5 Å². The SMILES string of the molecule is CC=CC(C)(C=CC)C(C)(C)C. The maximum atomic E-state index is 2.27. The minimum absolute atomic E-state index is 0.177. The molecule has 0 amide bonds. The Morgan fingerprint density at radius 2 is 1.08 bits per heavy atom. The van der Waals surface area contributed by atoms with Crippen molar-refractivity contribution in [3.63, 3.8) is 0 Å². The van der Waals surface area contributed by atoms with Gasteiger partial charge in [0.1, 0.15) is 0 Å². The summed E-state index contributed by atoms with van der Waals surface area (Å²) in [6.45, 7) is 13.2. The molecule has 0 aliphatic rings. The lowest BCUT2D eigenvalue weighted by molar-refractivity contribution is 0.228. The molecule has 0 saturated carbocycles. The van der Waals surface area contributed by atoms with Crippen LogP contribution < -0.4 is 0 Å². The molecule has 0 aliphatic carbocycles. The van der Waals surface area contributed by atoms with Gasteiger partial charge >= 0.3 is 0 Å². The summed E-state index contributed by atoms with van der Waals surface area (Å²) in [4.78, 5) is 0. The van der Waals surface area contributed by atoms with Crippen LogP contribution in [0.25, 0.3) is 0 Å². The van der Waals surface area contributed by atoms with E-state index in [-0.39, 0.29) is 10.8 Å². The molecule has 0 unspecified atom stereocenters. The van der Waals surface area contributed by atoms with Crippen molar-refractivity contribution in [1.82, 2.24) is 0 Å². The third-order valence-corrected chi connectivity index (χ3v) is 2.64. The molecular weight excluding hydrogens is 144 g/mol. The average molecular weight is 166 g/mol. The van der Waals surface area contributed by atoms with Crippen molar-refractivity contribution in [2.75, 3.05) is 0 Å². The van der Waals surface area contributed by atoms with Gasteiger partial charge in [-0.25, -0.2) is 0 Å². The van der Waals surface area contributed by atoms with Crippen LogP contribution in [0.5, 0.6) is 0 Å². The zero-order valence-electron chi connectivity index (χ0n) is 9.31. The van der Waals surface area contributed by atoms with Crippen molar-refractivity contribution in [3.05, 3.63) is 24.3 Å². The summed E-state index contributed by atoms with van der Waals surface area (Å²) in [6, 6.07) is 0. The Balaban J connectivity index is 4.87. The standard InChI is InChI=1S/C12H22/c1-7-9-12(6,10-8-2)11(3,4)5/h7-10H,1-6H3. The predicted molar refractivity (Wildman–Crippen MR) is 57.2 cm³/mol. The van der Waals surface area contributed by atoms with Gasteiger partial charge in [0.2, 0.25) is 0 Å². The number of rotatable bonds is 2. The predicted octanol–water partition coefficient (Wildman–Crippen LogP) is 4.19. The molecule has 0 aromatic heterocycles. The van der Waals surface area contributed by atoms with Gasteiger partial charge in [0.25, 0.3) is 0 Å². The molecule has 0 saturated heterocycles. The van der Waals surface area contributed by atoms with E-state index in [1.54, 1.807) is 0 Å². The Hall–Kier alpha value is -0.520. The van der Waals surface area contributed by atoms with Crippen LogP contribution in [0.4, 0.5) is 0 Å². The average Bonchev–Trinajstić information content (AvgIpc) is 1.86. The first kappa shape index (κ1) is 11.5. The molecule has 12 heavy (non-hydrogen) atoms. The molecule has 0 N–H and O–H groups in total. The summed E-state index contributed by atoms with van der Waals surface area (Å²) in [5.41, 5.74) is 0.461. The zero-order valence-corrected chi connectivity index (χ0v) is 9.31. The second-order valence-electron chi connectivity index (χ2n) is 4.53. The molecule has 0 aliphatic heterocycles. The van der Waals surface area contributed by atoms with Crippen LogP contribution in [0.3, 0.4) is 0 Å². The highest BCUT2D eigenvalue weighted by molar-refractivity contribution is 5.13. The third kappa shape index (κ3) is 2.51. The highest BCUT2D eigenvalue weighted by atomic mass is 14.4. The number of allylic oxidation sites excluding steroid dienone is 4. The molecule has 0 nitrogen and oxygen atoms in total. The van der Waals surface area contributed by atoms with Crippen LogP contribution in [0, 0.1) is 10.8 Å². The molecule has 0 heteroatoms. The van der Waals surface area contributed by atoms with Gasteiger partial charge < -0.3 is 0 Å². The van der Waals surface area contributed by atoms with Crippen molar-refractivity contribution < 1.29 is 0 Å². The Kier molecular flexibility index (Phi) is 3.76. The van der Waals surface area contributed by atoms with E-state index in [9.17, 15) is 0 Å². The van der Waals surface area contributed by atoms with Crippen molar-refractivity contribution >= 4 is 0 Å². The molecule has 0 spiro atoms. The van der Waals surface area contributed by atoms with E-state index in [0.717, 1.165) is 0 Å². The third-order valence-electron chi connectivity index (χ3n) is 2.64. The van der Waals surface area contributed by atoms with Crippen LogP contribution in [0.15, 0.2) is 24.3 Å². The fourth-order valence-corrected chi connectivity index (χ4v) is 1.25. The molecule has 0 atom stereocenters. The molecule has 0 rings (SSSR count). The Morgan fingerprint density at radius 3 is 1.25 bits per heavy atom. The number of hydrogen-bond acceptors (Lipinski definition) is 0. The Bertz CT molecular complexity index is 165. The molecule has 0 radical (unpaired) electrons. The van der Waals surface area contributed by atoms with Crippen LogP contribution in [0.2, 0.25) is 0 Å². The van der Waals surface area contributed by atoms with E-state index in [1.165, 1.54) is 0 Å². The summed E-state index contributed by atoms with van der Waals surface area (Å²) >= 11 is 0. The molecule has 0 aromatic rings. The first-order valence-corrected chi connectivity index (χ1v) is 4.65. The van der Waals surface area contributed by atoms with E-state index < -0.39 is 0 Å². The molecule has 70 valence electrons. The highest BCUT2D eigenvalue weighted by Gasteiger charge is 2.31. The molecule has 0 fully saturated rings. The minimum atomic E-state index is 0.177. The lowest BCUT2D eigenvalue weighted by Gasteiger charge is -2.37. The van der Waals surface area contributed by atoms with Crippen molar-refractivity contribution in [1.29, 1.82) is 0 Å². The molecule has 0 aromatic carbocycles. The summed E-state index contributed by atoms with van der Waals surface area (Å²) in [6.07, 6.45) is 8.80. The maximum absolute atomic E-state index is 2.27. The second-order valence-corrected chi connectivity index (χ2v) is 4.53. The van der Waals surface area contributed by atoms with Gasteiger partial charge in [0, 0.05) is 5.41 Å². The summed E-state index contributed by atoms with van der Waals surface area (Å²) in [7, 11) is 0. The first-order valence-electron chi connectivity index (χ1n) is 4.65. The van der Waals surface area contributed by atoms with E-state index in [2.05, 4.69) is 65.8 Å². The molecular formula is C12H22. The lowest BCUT2D eigenvalue weighted by Crippen LogP contribution is -2.28. The van der Waals surface area contributed by atoms with Crippen LogP contribution in [-0.4, -0.2) is 0 Å². The van der Waals surface area contributed by atoms with Gasteiger partial charge in [-0.2, -0.15) is 0 Å². The fourth-order valence-electron chi connectivity index (χ4n) is 1.25. The van der Waals surface area contributed by atoms with Crippen LogP contribution in [-0.2, 0) is 0 Å². The lowest BCUT2D eigenvalue weighted by atomic mass is 9.67. The van der Waals surface area contributed by atoms with Gasteiger partial charge in [-0.15, -0.1) is 0 Å². The quantitative estimate of drug-likeness (QED) is 0.539. The van der Waals surface area contributed by atoms with Gasteiger partial charge in [0.15, 0.2) is 0 Å². The van der Waals surface area contributed by atoms with Gasteiger partial charge in [0.05, 0.1) is 0 Å². The van der Waals surface area contributed by atoms with E-state index in [0.29, 0.717) is 0 Å². The Morgan fingerprint density at radius 1 is 0.750 bits per heavy atom. The van der Waals surface area contributed by atoms with E-state index in [1.807, 2.05) is 0 Å². The largest absolute Gasteiger partial charge is 0.0908 e. The maximum Gasteiger partial charge on any atom is 0.00809 e. The topological polar surface area (TPSA) is 0 Å². The van der Waals surface area contributed by atoms with Gasteiger partial charge in [-0.05, 0) is 19.3 Å². The molecule has 0 heterocycles. The van der Waals surface area contributed by atoms with Crippen molar-refractivity contribution in [2.24, 2.45) is 10.8 Å². The molecule has 0 bridgehead atoms. The summed E-state index contributed by atoms with van der Waals surface area (Å²) < 4.78 is 0. The summed E-state index contributed by atoms with van der Waals surface area (Å²) in [5, 5.41) is 0. The van der Waals surface area contributed by atoms with Gasteiger partial charge in [-0.3, -0.25) is 0 Å². The number of hydrogen-bond donors (Lipinski definition) is 0. The Labute approximate surface area is 77.4 Å². The van der Waals surface area contributed by atoms with Gasteiger partial charge in [-0.1, -0.05) is 52.0 Å². The second kappa shape index (κ2) is 3.93. The van der Waals surface area contributed by atoms with Crippen molar-refractivity contribution in [3.8, 4) is 0 Å². The monoisotopic (exact) mass is 166 g/mol. The fraction of sp³-hybridized carbons (Fsp3) is 0.667. The zero-order chi connectivity index (χ0) is 9.83. The van der Waals surface area contributed by atoms with Crippen molar-refractivity contribution in [2.45, 2.75) is 41.5 Å². The summed E-state index contributed by atoms with van der Waals surface area (Å²) in [5.74, 6) is 0. The normalized spacial score (nSPS) is 18.8. The highest BCUT2D eigenvalue weighted by Crippen LogP contribution is 2.40. The smallest absolute Gasteiger partial charge is 0.00809 e. The van der Waals surface area contributed by atoms with E-state index >= 15 is 0 Å².